The minimum atomic E-state index is -0.356. The summed E-state index contributed by atoms with van der Waals surface area (Å²) in [6.07, 6.45) is 7.44. The summed E-state index contributed by atoms with van der Waals surface area (Å²) in [6, 6.07) is 10.1. The number of carbonyl (C=O) groups is 3. The van der Waals surface area contributed by atoms with E-state index in [0.717, 1.165) is 25.9 Å². The first-order valence-corrected chi connectivity index (χ1v) is 11.7. The Kier molecular flexibility index (Phi) is 7.65. The van der Waals surface area contributed by atoms with Crippen LogP contribution in [-0.2, 0) is 9.59 Å². The van der Waals surface area contributed by atoms with Gasteiger partial charge in [-0.1, -0.05) is 18.9 Å². The SMILES string of the molecule is O=C(Nc1cccc(OCC(=O)N2CCC(C(=O)N3CCCCCC3)CC2)c1)c1ccco1. The number of rotatable bonds is 6. The van der Waals surface area contributed by atoms with E-state index in [1.807, 2.05) is 4.90 Å². The lowest BCUT2D eigenvalue weighted by Crippen LogP contribution is -2.45. The van der Waals surface area contributed by atoms with Crippen molar-refractivity contribution < 1.29 is 23.5 Å². The van der Waals surface area contributed by atoms with Gasteiger partial charge in [0, 0.05) is 43.9 Å². The quantitative estimate of drug-likeness (QED) is 0.722. The summed E-state index contributed by atoms with van der Waals surface area (Å²) in [4.78, 5) is 41.4. The Morgan fingerprint density at radius 2 is 1.70 bits per heavy atom. The minimum absolute atomic E-state index is 0.0162. The van der Waals surface area contributed by atoms with Gasteiger partial charge in [0.25, 0.3) is 11.8 Å². The number of furan rings is 1. The molecule has 176 valence electrons. The summed E-state index contributed by atoms with van der Waals surface area (Å²) < 4.78 is 10.8. The molecule has 0 spiro atoms. The molecule has 2 saturated heterocycles. The standard InChI is InChI=1S/C25H31N3O5/c29-23(27-14-10-19(11-15-27)25(31)28-12-3-1-2-4-13-28)18-33-21-8-5-7-20(17-21)26-24(30)22-9-6-16-32-22/h5-9,16-17,19H,1-4,10-15,18H2,(H,26,30). The van der Waals surface area contributed by atoms with Crippen LogP contribution in [0.3, 0.4) is 0 Å². The Balaban J connectivity index is 1.23. The molecule has 0 atom stereocenters. The monoisotopic (exact) mass is 453 g/mol. The Bertz CT molecular complexity index is 943. The van der Waals surface area contributed by atoms with Crippen LogP contribution >= 0.6 is 0 Å². The molecule has 2 aliphatic heterocycles. The van der Waals surface area contributed by atoms with Gasteiger partial charge < -0.3 is 24.3 Å². The summed E-state index contributed by atoms with van der Waals surface area (Å²) >= 11 is 0. The number of likely N-dealkylation sites (tertiary alicyclic amines) is 2. The normalized spacial score (nSPS) is 17.3. The fourth-order valence-corrected chi connectivity index (χ4v) is 4.43. The topological polar surface area (TPSA) is 92.1 Å². The lowest BCUT2D eigenvalue weighted by atomic mass is 9.95. The molecule has 3 heterocycles. The maximum Gasteiger partial charge on any atom is 0.291 e. The third-order valence-corrected chi connectivity index (χ3v) is 6.31. The Labute approximate surface area is 193 Å². The third kappa shape index (κ3) is 6.15. The Morgan fingerprint density at radius 1 is 0.939 bits per heavy atom. The van der Waals surface area contributed by atoms with Gasteiger partial charge in [0.2, 0.25) is 5.91 Å². The maximum atomic E-state index is 12.8. The van der Waals surface area contributed by atoms with Crippen LogP contribution in [0.15, 0.2) is 47.1 Å². The second-order valence-electron chi connectivity index (χ2n) is 8.64. The fraction of sp³-hybridized carbons (Fsp3) is 0.480. The van der Waals surface area contributed by atoms with Crippen molar-refractivity contribution in [3.8, 4) is 5.75 Å². The van der Waals surface area contributed by atoms with Gasteiger partial charge in [0.05, 0.1) is 6.26 Å². The van der Waals surface area contributed by atoms with E-state index in [1.165, 1.54) is 19.1 Å². The van der Waals surface area contributed by atoms with Gasteiger partial charge in [-0.2, -0.15) is 0 Å². The summed E-state index contributed by atoms with van der Waals surface area (Å²) in [5.74, 6) is 0.531. The summed E-state index contributed by atoms with van der Waals surface area (Å²) in [7, 11) is 0. The van der Waals surface area contributed by atoms with Gasteiger partial charge in [-0.05, 0) is 49.9 Å². The van der Waals surface area contributed by atoms with Crippen molar-refractivity contribution in [2.24, 2.45) is 5.92 Å². The van der Waals surface area contributed by atoms with E-state index in [0.29, 0.717) is 37.4 Å². The molecular weight excluding hydrogens is 422 g/mol. The average Bonchev–Trinajstić information content (AvgIpc) is 3.25. The number of nitrogens with one attached hydrogen (secondary N) is 1. The van der Waals surface area contributed by atoms with Crippen LogP contribution < -0.4 is 10.1 Å². The Morgan fingerprint density at radius 3 is 2.39 bits per heavy atom. The summed E-state index contributed by atoms with van der Waals surface area (Å²) in [6.45, 7) is 2.80. The van der Waals surface area contributed by atoms with Gasteiger partial charge in [-0.25, -0.2) is 0 Å². The predicted octanol–water partition coefficient (Wildman–Crippen LogP) is 3.55. The van der Waals surface area contributed by atoms with Gasteiger partial charge in [-0.15, -0.1) is 0 Å². The molecule has 8 heteroatoms. The smallest absolute Gasteiger partial charge is 0.291 e. The third-order valence-electron chi connectivity index (χ3n) is 6.31. The van der Waals surface area contributed by atoms with Crippen LogP contribution in [0.2, 0.25) is 0 Å². The molecule has 0 saturated carbocycles. The molecule has 3 amide bonds. The van der Waals surface area contributed by atoms with Crippen molar-refractivity contribution in [2.75, 3.05) is 38.1 Å². The molecule has 1 aromatic heterocycles. The number of hydrogen-bond acceptors (Lipinski definition) is 5. The predicted molar refractivity (Wildman–Crippen MR) is 123 cm³/mol. The van der Waals surface area contributed by atoms with Crippen LogP contribution in [0.1, 0.15) is 49.1 Å². The van der Waals surface area contributed by atoms with Crippen LogP contribution in [0.5, 0.6) is 5.75 Å². The highest BCUT2D eigenvalue weighted by Gasteiger charge is 2.30. The number of hydrogen-bond donors (Lipinski definition) is 1. The molecule has 2 aromatic rings. The molecule has 2 fully saturated rings. The van der Waals surface area contributed by atoms with E-state index < -0.39 is 0 Å². The van der Waals surface area contributed by atoms with Gasteiger partial charge in [-0.3, -0.25) is 14.4 Å². The lowest BCUT2D eigenvalue weighted by Gasteiger charge is -2.34. The second-order valence-corrected chi connectivity index (χ2v) is 8.64. The molecular formula is C25H31N3O5. The lowest BCUT2D eigenvalue weighted by molar-refractivity contribution is -0.141. The van der Waals surface area contributed by atoms with Gasteiger partial charge in [0.15, 0.2) is 12.4 Å². The number of carbonyl (C=O) groups excluding carboxylic acids is 3. The summed E-state index contributed by atoms with van der Waals surface area (Å²) in [5.41, 5.74) is 0.550. The van der Waals surface area contributed by atoms with Crippen molar-refractivity contribution in [3.05, 3.63) is 48.4 Å². The molecule has 33 heavy (non-hydrogen) atoms. The molecule has 2 aliphatic rings. The van der Waals surface area contributed by atoms with E-state index >= 15 is 0 Å². The zero-order chi connectivity index (χ0) is 23.0. The van der Waals surface area contributed by atoms with Crippen molar-refractivity contribution >= 4 is 23.4 Å². The second kappa shape index (κ2) is 11.0. The zero-order valence-electron chi connectivity index (χ0n) is 18.8. The van der Waals surface area contributed by atoms with Crippen molar-refractivity contribution in [1.29, 1.82) is 0 Å². The Hall–Kier alpha value is -3.29. The minimum Gasteiger partial charge on any atom is -0.484 e. The molecule has 8 nitrogen and oxygen atoms in total. The molecule has 0 aliphatic carbocycles. The number of benzene rings is 1. The molecule has 1 aromatic carbocycles. The van der Waals surface area contributed by atoms with Crippen LogP contribution in [0.4, 0.5) is 5.69 Å². The number of anilines is 1. The van der Waals surface area contributed by atoms with Crippen molar-refractivity contribution in [2.45, 2.75) is 38.5 Å². The molecule has 0 radical (unpaired) electrons. The molecule has 4 rings (SSSR count). The first kappa shape index (κ1) is 22.9. The van der Waals surface area contributed by atoms with E-state index in [2.05, 4.69) is 5.32 Å². The van der Waals surface area contributed by atoms with Crippen LogP contribution in [-0.4, -0.2) is 60.3 Å². The molecule has 1 N–H and O–H groups in total. The number of piperidine rings is 1. The van der Waals surface area contributed by atoms with Crippen molar-refractivity contribution in [3.63, 3.8) is 0 Å². The van der Waals surface area contributed by atoms with Crippen LogP contribution in [0, 0.1) is 5.92 Å². The van der Waals surface area contributed by atoms with Gasteiger partial charge >= 0.3 is 0 Å². The highest BCUT2D eigenvalue weighted by atomic mass is 16.5. The fourth-order valence-electron chi connectivity index (χ4n) is 4.43. The van der Waals surface area contributed by atoms with E-state index in [4.69, 9.17) is 9.15 Å². The number of ether oxygens (including phenoxy) is 1. The summed E-state index contributed by atoms with van der Waals surface area (Å²) in [5, 5.41) is 2.74. The number of amides is 3. The average molecular weight is 454 g/mol. The van der Waals surface area contributed by atoms with Crippen molar-refractivity contribution in [1.82, 2.24) is 9.80 Å². The van der Waals surface area contributed by atoms with Crippen LogP contribution in [0.25, 0.3) is 0 Å². The first-order chi connectivity index (χ1) is 16.1. The van der Waals surface area contributed by atoms with E-state index in [1.54, 1.807) is 41.3 Å². The molecule has 0 bridgehead atoms. The first-order valence-electron chi connectivity index (χ1n) is 11.7. The highest BCUT2D eigenvalue weighted by Crippen LogP contribution is 2.23. The van der Waals surface area contributed by atoms with E-state index in [-0.39, 0.29) is 36.0 Å². The van der Waals surface area contributed by atoms with Gasteiger partial charge in [0.1, 0.15) is 5.75 Å². The molecule has 0 unspecified atom stereocenters. The zero-order valence-corrected chi connectivity index (χ0v) is 18.8. The highest BCUT2D eigenvalue weighted by molar-refractivity contribution is 6.02. The van der Waals surface area contributed by atoms with E-state index in [9.17, 15) is 14.4 Å². The largest absolute Gasteiger partial charge is 0.484 e. The number of nitrogens with zero attached hydrogens (tertiary/aromatic N) is 2. The maximum absolute atomic E-state index is 12.8.